The summed E-state index contributed by atoms with van der Waals surface area (Å²) in [5.41, 5.74) is 0.451. The van der Waals surface area contributed by atoms with Crippen LogP contribution in [0.3, 0.4) is 0 Å². The van der Waals surface area contributed by atoms with Gasteiger partial charge in [0.25, 0.3) is 5.52 Å². The molecule has 1 aliphatic rings. The summed E-state index contributed by atoms with van der Waals surface area (Å²) in [6, 6.07) is 0. The lowest BCUT2D eigenvalue weighted by Gasteiger charge is -2.14. The average molecular weight is 268 g/mol. The van der Waals surface area contributed by atoms with E-state index in [0.29, 0.717) is 4.73 Å². The third-order valence-corrected chi connectivity index (χ3v) is 3.15. The minimum absolute atomic E-state index is 0.222. The SMILES string of the molecule is [O-][n+]1ccnc2c1cnn2[C@@H]1O[C@H](CO)[C@@H](O)[C@H]1O. The summed E-state index contributed by atoms with van der Waals surface area (Å²) in [5.74, 6) is 0. The molecule has 3 heterocycles. The second-order valence-corrected chi connectivity index (χ2v) is 4.28. The van der Waals surface area contributed by atoms with Gasteiger partial charge >= 0.3 is 0 Å². The van der Waals surface area contributed by atoms with Crippen molar-refractivity contribution in [2.45, 2.75) is 24.5 Å². The van der Waals surface area contributed by atoms with Gasteiger partial charge in [-0.05, 0) is 0 Å². The highest BCUT2D eigenvalue weighted by Gasteiger charge is 2.44. The molecule has 0 radical (unpaired) electrons. The molecule has 1 fully saturated rings. The molecule has 0 bridgehead atoms. The first-order chi connectivity index (χ1) is 9.13. The highest BCUT2D eigenvalue weighted by Crippen LogP contribution is 2.30. The Hall–Kier alpha value is -1.81. The number of nitrogens with zero attached hydrogens (tertiary/aromatic N) is 4. The number of aliphatic hydroxyl groups is 3. The second-order valence-electron chi connectivity index (χ2n) is 4.28. The second kappa shape index (κ2) is 4.38. The highest BCUT2D eigenvalue weighted by molar-refractivity contribution is 5.65. The molecule has 4 atom stereocenters. The molecule has 2 aromatic rings. The van der Waals surface area contributed by atoms with Crippen LogP contribution in [0.1, 0.15) is 6.23 Å². The monoisotopic (exact) mass is 268 g/mol. The number of hydrogen-bond donors (Lipinski definition) is 3. The van der Waals surface area contributed by atoms with Gasteiger partial charge < -0.3 is 25.3 Å². The summed E-state index contributed by atoms with van der Waals surface area (Å²) < 4.78 is 7.13. The first-order valence-electron chi connectivity index (χ1n) is 5.67. The van der Waals surface area contributed by atoms with Crippen LogP contribution in [0.2, 0.25) is 0 Å². The molecule has 9 nitrogen and oxygen atoms in total. The van der Waals surface area contributed by atoms with Crippen LogP contribution >= 0.6 is 0 Å². The van der Waals surface area contributed by atoms with Crippen LogP contribution in [0.5, 0.6) is 0 Å². The maximum atomic E-state index is 11.5. The van der Waals surface area contributed by atoms with Gasteiger partial charge in [-0.15, -0.1) is 0 Å². The first kappa shape index (κ1) is 12.2. The predicted octanol–water partition coefficient (Wildman–Crippen LogP) is -2.32. The van der Waals surface area contributed by atoms with Crippen LogP contribution in [0, 0.1) is 5.21 Å². The fourth-order valence-electron chi connectivity index (χ4n) is 2.14. The third-order valence-electron chi connectivity index (χ3n) is 3.15. The van der Waals surface area contributed by atoms with E-state index in [2.05, 4.69) is 10.1 Å². The molecule has 9 heteroatoms. The van der Waals surface area contributed by atoms with Gasteiger partial charge in [-0.1, -0.05) is 0 Å². The summed E-state index contributed by atoms with van der Waals surface area (Å²) in [6.07, 6.45) is -0.563. The van der Waals surface area contributed by atoms with Crippen molar-refractivity contribution in [2.24, 2.45) is 0 Å². The molecule has 1 aliphatic heterocycles. The lowest BCUT2D eigenvalue weighted by molar-refractivity contribution is -0.577. The van der Waals surface area contributed by atoms with Crippen LogP contribution < -0.4 is 4.73 Å². The van der Waals surface area contributed by atoms with Gasteiger partial charge in [0.2, 0.25) is 5.65 Å². The lowest BCUT2D eigenvalue weighted by atomic mass is 10.1. The minimum Gasteiger partial charge on any atom is -0.618 e. The Morgan fingerprint density at radius 2 is 2.21 bits per heavy atom. The summed E-state index contributed by atoms with van der Waals surface area (Å²) >= 11 is 0. The Balaban J connectivity index is 2.04. The van der Waals surface area contributed by atoms with E-state index in [0.717, 1.165) is 0 Å². The molecule has 0 aromatic carbocycles. The van der Waals surface area contributed by atoms with E-state index in [1.165, 1.54) is 23.3 Å². The van der Waals surface area contributed by atoms with Crippen molar-refractivity contribution < 1.29 is 24.8 Å². The van der Waals surface area contributed by atoms with E-state index in [1.54, 1.807) is 0 Å². The zero-order valence-electron chi connectivity index (χ0n) is 9.70. The van der Waals surface area contributed by atoms with Crippen molar-refractivity contribution >= 4 is 11.2 Å². The number of rotatable bonds is 2. The van der Waals surface area contributed by atoms with Crippen LogP contribution in [0.25, 0.3) is 11.2 Å². The molecule has 0 aliphatic carbocycles. The molecule has 0 amide bonds. The maximum Gasteiger partial charge on any atom is 0.281 e. The molecule has 102 valence electrons. The smallest absolute Gasteiger partial charge is 0.281 e. The van der Waals surface area contributed by atoms with Crippen LogP contribution in [-0.2, 0) is 4.74 Å². The van der Waals surface area contributed by atoms with Crippen molar-refractivity contribution in [1.29, 1.82) is 0 Å². The Morgan fingerprint density at radius 1 is 1.42 bits per heavy atom. The molecular weight excluding hydrogens is 256 g/mol. The van der Waals surface area contributed by atoms with Crippen LogP contribution in [0.15, 0.2) is 18.6 Å². The molecule has 0 unspecified atom stereocenters. The normalized spacial score (nSPS) is 31.1. The standard InChI is InChI=1S/C10H12N4O5/c15-4-6-7(16)8(17)10(19-6)14-9-5(3-12-14)13(18)2-1-11-9/h1-3,6-8,10,15-17H,4H2/t6-,7-,8-,10-/m1/s1. The molecule has 2 aromatic heterocycles. The minimum atomic E-state index is -1.26. The zero-order chi connectivity index (χ0) is 13.6. The fraction of sp³-hybridized carbons (Fsp3) is 0.500. The van der Waals surface area contributed by atoms with E-state index < -0.39 is 31.1 Å². The lowest BCUT2D eigenvalue weighted by Crippen LogP contribution is -2.33. The molecule has 19 heavy (non-hydrogen) atoms. The summed E-state index contributed by atoms with van der Waals surface area (Å²) in [6.45, 7) is -0.428. The Morgan fingerprint density at radius 3 is 2.89 bits per heavy atom. The van der Waals surface area contributed by atoms with E-state index in [4.69, 9.17) is 9.84 Å². The van der Waals surface area contributed by atoms with Crippen molar-refractivity contribution in [1.82, 2.24) is 14.8 Å². The highest BCUT2D eigenvalue weighted by atomic mass is 16.6. The summed E-state index contributed by atoms with van der Waals surface area (Å²) in [4.78, 5) is 4.00. The zero-order valence-corrected chi connectivity index (χ0v) is 9.70. The van der Waals surface area contributed by atoms with Crippen molar-refractivity contribution in [2.75, 3.05) is 6.61 Å². The van der Waals surface area contributed by atoms with Crippen LogP contribution in [-0.4, -0.2) is 55.0 Å². The van der Waals surface area contributed by atoms with E-state index in [9.17, 15) is 15.4 Å². The molecule has 0 spiro atoms. The third kappa shape index (κ3) is 1.75. The number of aromatic nitrogens is 4. The number of ether oxygens (including phenoxy) is 1. The Kier molecular flexibility index (Phi) is 2.82. The van der Waals surface area contributed by atoms with Gasteiger partial charge in [0.15, 0.2) is 12.4 Å². The predicted molar refractivity (Wildman–Crippen MR) is 59.5 cm³/mol. The quantitative estimate of drug-likeness (QED) is 0.412. The van der Waals surface area contributed by atoms with Gasteiger partial charge in [0, 0.05) is 0 Å². The van der Waals surface area contributed by atoms with Gasteiger partial charge in [0.1, 0.15) is 24.5 Å². The van der Waals surface area contributed by atoms with Gasteiger partial charge in [-0.2, -0.15) is 9.83 Å². The van der Waals surface area contributed by atoms with E-state index in [1.807, 2.05) is 0 Å². The average Bonchev–Trinajstić information content (AvgIpc) is 2.94. The largest absolute Gasteiger partial charge is 0.618 e. The number of hydrogen-bond acceptors (Lipinski definition) is 7. The van der Waals surface area contributed by atoms with E-state index >= 15 is 0 Å². The van der Waals surface area contributed by atoms with Crippen LogP contribution in [0.4, 0.5) is 0 Å². The van der Waals surface area contributed by atoms with Gasteiger partial charge in [-0.3, -0.25) is 0 Å². The fourth-order valence-corrected chi connectivity index (χ4v) is 2.14. The summed E-state index contributed by atoms with van der Waals surface area (Å²) in [5, 5.41) is 44.1. The molecule has 0 saturated carbocycles. The number of aliphatic hydroxyl groups excluding tert-OH is 3. The van der Waals surface area contributed by atoms with Gasteiger partial charge in [0.05, 0.1) is 12.8 Å². The Bertz CT molecular complexity index is 603. The van der Waals surface area contributed by atoms with Crippen molar-refractivity contribution in [3.63, 3.8) is 0 Å². The van der Waals surface area contributed by atoms with Gasteiger partial charge in [-0.25, -0.2) is 9.67 Å². The molecule has 1 saturated heterocycles. The maximum absolute atomic E-state index is 11.5. The first-order valence-corrected chi connectivity index (χ1v) is 5.67. The molecule has 3 rings (SSSR count). The molecular formula is C10H12N4O5. The number of fused-ring (bicyclic) bond motifs is 1. The topological polar surface area (TPSA) is 128 Å². The summed E-state index contributed by atoms with van der Waals surface area (Å²) in [7, 11) is 0. The van der Waals surface area contributed by atoms with Crippen molar-refractivity contribution in [3.8, 4) is 0 Å². The van der Waals surface area contributed by atoms with E-state index in [-0.39, 0.29) is 11.2 Å². The molecule has 3 N–H and O–H groups in total. The Labute approximate surface area is 106 Å². The van der Waals surface area contributed by atoms with Crippen molar-refractivity contribution in [3.05, 3.63) is 23.8 Å².